The van der Waals surface area contributed by atoms with Crippen LogP contribution >= 0.6 is 40.3 Å². The van der Waals surface area contributed by atoms with E-state index in [2.05, 4.69) is 37.2 Å². The number of carbonyl (C=O) groups is 2. The maximum Gasteiger partial charge on any atom is 0.328 e. The fraction of sp³-hybridized carbons (Fsp3) is 0.231. The second-order valence-corrected chi connectivity index (χ2v) is 10.9. The third-order valence-electron chi connectivity index (χ3n) is 5.31. The van der Waals surface area contributed by atoms with Crippen LogP contribution in [0.2, 0.25) is 0 Å². The topological polar surface area (TPSA) is 122 Å². The number of amides is 1. The molecule has 0 spiro atoms. The van der Waals surface area contributed by atoms with Crippen LogP contribution in [0.1, 0.15) is 35.3 Å². The lowest BCUT2D eigenvalue weighted by Gasteiger charge is -2.19. The van der Waals surface area contributed by atoms with Crippen molar-refractivity contribution in [1.29, 1.82) is 0 Å². The molecule has 194 valence electrons. The minimum atomic E-state index is -1.59. The quantitative estimate of drug-likeness (QED) is 0.179. The van der Waals surface area contributed by atoms with Gasteiger partial charge in [0.25, 0.3) is 5.91 Å². The van der Waals surface area contributed by atoms with Crippen molar-refractivity contribution in [3.05, 3.63) is 86.3 Å². The first kappa shape index (κ1) is 28.8. The van der Waals surface area contributed by atoms with Crippen LogP contribution in [-0.2, 0) is 25.9 Å². The molecule has 0 fully saturated rings. The number of hydrogen-bond acceptors (Lipinski definition) is 7. The molecule has 0 aromatic heterocycles. The van der Waals surface area contributed by atoms with Crippen molar-refractivity contribution in [2.75, 3.05) is 6.61 Å². The standard InChI is InChI=1S/C26H24Br2NO7P/c1-3-35-25(32)21(11-15-7-5-4-6-8-15)29-24(31)18-14-17(9-10-22(18)30)36-23-19(27)12-16(13-20(23)28)26(2,33)37-34/h4-10,12-14,21,30,33H,3,11H2,1-2H3,(H,29,31). The molecular weight excluding hydrogens is 629 g/mol. The van der Waals surface area contributed by atoms with E-state index in [0.717, 1.165) is 5.56 Å². The van der Waals surface area contributed by atoms with Crippen molar-refractivity contribution in [2.45, 2.75) is 31.7 Å². The molecule has 0 saturated heterocycles. The van der Waals surface area contributed by atoms with Crippen molar-refractivity contribution in [3.63, 3.8) is 0 Å². The molecule has 0 aliphatic heterocycles. The van der Waals surface area contributed by atoms with E-state index in [4.69, 9.17) is 9.47 Å². The third kappa shape index (κ3) is 7.38. The van der Waals surface area contributed by atoms with E-state index in [0.29, 0.717) is 20.3 Å². The lowest BCUT2D eigenvalue weighted by Crippen LogP contribution is -2.43. The first-order valence-electron chi connectivity index (χ1n) is 11.1. The predicted molar refractivity (Wildman–Crippen MR) is 145 cm³/mol. The summed E-state index contributed by atoms with van der Waals surface area (Å²) in [5.74, 6) is -1.02. The van der Waals surface area contributed by atoms with E-state index in [1.165, 1.54) is 25.1 Å². The SMILES string of the molecule is CCOC(=O)C(Cc1ccccc1)NC(=O)c1cc(Oc2c(Br)cc(C(C)(O)P=O)cc2Br)ccc1O. The number of benzene rings is 3. The molecule has 0 bridgehead atoms. The molecule has 0 radical (unpaired) electrons. The Kier molecular flexibility index (Phi) is 9.84. The predicted octanol–water partition coefficient (Wildman–Crippen LogP) is 6.07. The third-order valence-corrected chi connectivity index (χ3v) is 7.11. The van der Waals surface area contributed by atoms with Crippen molar-refractivity contribution in [1.82, 2.24) is 5.32 Å². The van der Waals surface area contributed by atoms with Gasteiger partial charge in [0.15, 0.2) is 19.6 Å². The Morgan fingerprint density at radius 1 is 1.08 bits per heavy atom. The Labute approximate surface area is 232 Å². The van der Waals surface area contributed by atoms with Crippen LogP contribution in [0, 0.1) is 0 Å². The highest BCUT2D eigenvalue weighted by Gasteiger charge is 2.27. The summed E-state index contributed by atoms with van der Waals surface area (Å²) in [6.07, 6.45) is 0.209. The summed E-state index contributed by atoms with van der Waals surface area (Å²) >= 11 is 6.77. The average Bonchev–Trinajstić information content (AvgIpc) is 2.87. The number of rotatable bonds is 10. The van der Waals surface area contributed by atoms with Crippen LogP contribution in [0.15, 0.2) is 69.6 Å². The largest absolute Gasteiger partial charge is 0.507 e. The molecule has 3 aromatic carbocycles. The zero-order valence-electron chi connectivity index (χ0n) is 19.9. The van der Waals surface area contributed by atoms with Gasteiger partial charge in [0.05, 0.1) is 21.1 Å². The Morgan fingerprint density at radius 3 is 2.32 bits per heavy atom. The molecule has 0 saturated carbocycles. The molecule has 1 amide bonds. The van der Waals surface area contributed by atoms with Crippen LogP contribution in [0.4, 0.5) is 0 Å². The highest BCUT2D eigenvalue weighted by atomic mass is 79.9. The minimum Gasteiger partial charge on any atom is -0.507 e. The highest BCUT2D eigenvalue weighted by molar-refractivity contribution is 9.11. The van der Waals surface area contributed by atoms with Crippen LogP contribution < -0.4 is 10.1 Å². The van der Waals surface area contributed by atoms with E-state index in [9.17, 15) is 24.4 Å². The maximum atomic E-state index is 13.1. The second kappa shape index (κ2) is 12.6. The zero-order chi connectivity index (χ0) is 27.2. The second-order valence-electron chi connectivity index (χ2n) is 8.13. The summed E-state index contributed by atoms with van der Waals surface area (Å²) in [6.45, 7) is 3.24. The fourth-order valence-electron chi connectivity index (χ4n) is 3.38. The smallest absolute Gasteiger partial charge is 0.328 e. The molecule has 2 unspecified atom stereocenters. The van der Waals surface area contributed by atoms with Gasteiger partial charge < -0.3 is 25.0 Å². The van der Waals surface area contributed by atoms with E-state index >= 15 is 0 Å². The number of hydrogen-bond donors (Lipinski definition) is 3. The van der Waals surface area contributed by atoms with Gasteiger partial charge in [-0.25, -0.2) is 4.79 Å². The van der Waals surface area contributed by atoms with Gasteiger partial charge in [-0.1, -0.05) is 30.3 Å². The zero-order valence-corrected chi connectivity index (χ0v) is 24.0. The van der Waals surface area contributed by atoms with Gasteiger partial charge in [-0.2, -0.15) is 0 Å². The summed E-state index contributed by atoms with van der Waals surface area (Å²) < 4.78 is 23.3. The summed E-state index contributed by atoms with van der Waals surface area (Å²) in [5, 5.41) is 21.7. The Morgan fingerprint density at radius 2 is 1.73 bits per heavy atom. The van der Waals surface area contributed by atoms with Gasteiger partial charge >= 0.3 is 5.97 Å². The number of aromatic hydroxyl groups is 1. The molecule has 2 atom stereocenters. The molecule has 3 rings (SSSR count). The Hall–Kier alpha value is -2.78. The van der Waals surface area contributed by atoms with Gasteiger partial charge in [-0.3, -0.25) is 9.36 Å². The van der Waals surface area contributed by atoms with E-state index in [-0.39, 0.29) is 30.1 Å². The number of esters is 1. The van der Waals surface area contributed by atoms with Crippen molar-refractivity contribution < 1.29 is 33.8 Å². The summed E-state index contributed by atoms with van der Waals surface area (Å²) in [5.41, 5.74) is 1.11. The molecule has 0 heterocycles. The first-order chi connectivity index (χ1) is 17.6. The molecular formula is C26H24Br2NO7P. The number of aliphatic hydroxyl groups is 1. The highest BCUT2D eigenvalue weighted by Crippen LogP contribution is 2.42. The van der Waals surface area contributed by atoms with E-state index in [1.807, 2.05) is 30.3 Å². The lowest BCUT2D eigenvalue weighted by atomic mass is 10.1. The molecule has 0 aliphatic rings. The van der Waals surface area contributed by atoms with Crippen molar-refractivity contribution in [2.24, 2.45) is 0 Å². The molecule has 8 nitrogen and oxygen atoms in total. The summed E-state index contributed by atoms with van der Waals surface area (Å²) in [4.78, 5) is 25.6. The maximum absolute atomic E-state index is 13.1. The summed E-state index contributed by atoms with van der Waals surface area (Å²) in [7, 11) is -0.468. The lowest BCUT2D eigenvalue weighted by molar-refractivity contribution is -0.145. The fourth-order valence-corrected chi connectivity index (χ4v) is 4.97. The van der Waals surface area contributed by atoms with Gasteiger partial charge in [-0.15, -0.1) is 0 Å². The molecule has 0 aliphatic carbocycles. The monoisotopic (exact) mass is 651 g/mol. The van der Waals surface area contributed by atoms with E-state index in [1.54, 1.807) is 19.1 Å². The average molecular weight is 653 g/mol. The molecule has 37 heavy (non-hydrogen) atoms. The molecule has 3 aromatic rings. The van der Waals surface area contributed by atoms with Crippen LogP contribution in [0.5, 0.6) is 17.2 Å². The van der Waals surface area contributed by atoms with Crippen LogP contribution in [-0.4, -0.2) is 34.7 Å². The Bertz CT molecular complexity index is 1280. The van der Waals surface area contributed by atoms with Gasteiger partial charge in [0, 0.05) is 6.42 Å². The number of carbonyl (C=O) groups excluding carboxylic acids is 2. The number of halogens is 2. The normalized spacial score (nSPS) is 13.4. The van der Waals surface area contributed by atoms with Crippen molar-refractivity contribution in [3.8, 4) is 17.2 Å². The van der Waals surface area contributed by atoms with Gasteiger partial charge in [0.2, 0.25) is 0 Å². The number of ether oxygens (including phenoxy) is 2. The molecule has 11 heteroatoms. The number of phenols is 1. The Balaban J connectivity index is 1.86. The van der Waals surface area contributed by atoms with E-state index < -0.39 is 31.7 Å². The first-order valence-corrected chi connectivity index (χ1v) is 13.5. The number of phenolic OH excluding ortho intramolecular Hbond substituents is 1. The summed E-state index contributed by atoms with van der Waals surface area (Å²) in [6, 6.07) is 15.4. The molecule has 3 N–H and O–H groups in total. The van der Waals surface area contributed by atoms with Crippen LogP contribution in [0.3, 0.4) is 0 Å². The minimum absolute atomic E-state index is 0.100. The van der Waals surface area contributed by atoms with Crippen molar-refractivity contribution >= 4 is 52.2 Å². The number of nitrogens with one attached hydrogen (secondary N) is 1. The van der Waals surface area contributed by atoms with Gasteiger partial charge in [0.1, 0.15) is 17.5 Å². The van der Waals surface area contributed by atoms with Gasteiger partial charge in [-0.05, 0) is 87.2 Å². The van der Waals surface area contributed by atoms with Crippen LogP contribution in [0.25, 0.3) is 0 Å².